The summed E-state index contributed by atoms with van der Waals surface area (Å²) in [6.07, 6.45) is 5.17. The second-order valence-corrected chi connectivity index (χ2v) is 5.39. The van der Waals surface area contributed by atoms with Gasteiger partial charge in [-0.2, -0.15) is 0 Å². The van der Waals surface area contributed by atoms with Crippen molar-refractivity contribution in [2.45, 2.75) is 44.7 Å². The summed E-state index contributed by atoms with van der Waals surface area (Å²) >= 11 is 0. The van der Waals surface area contributed by atoms with E-state index in [0.717, 1.165) is 12.6 Å². The third kappa shape index (κ3) is 3.19. The fourth-order valence-electron chi connectivity index (χ4n) is 3.04. The molecule has 2 fully saturated rings. The predicted octanol–water partition coefficient (Wildman–Crippen LogP) is 1.01. The van der Waals surface area contributed by atoms with Crippen molar-refractivity contribution in [3.05, 3.63) is 0 Å². The van der Waals surface area contributed by atoms with Gasteiger partial charge < -0.3 is 15.0 Å². The van der Waals surface area contributed by atoms with Crippen LogP contribution in [0.3, 0.4) is 0 Å². The highest BCUT2D eigenvalue weighted by Gasteiger charge is 2.31. The number of nitrogens with zero attached hydrogens (tertiary/aromatic N) is 1. The largest absolute Gasteiger partial charge is 0.469 e. The zero-order chi connectivity index (χ0) is 12.3. The predicted molar refractivity (Wildman–Crippen MR) is 66.8 cm³/mol. The van der Waals surface area contributed by atoms with Crippen LogP contribution in [0.2, 0.25) is 0 Å². The van der Waals surface area contributed by atoms with Crippen LogP contribution in [-0.2, 0) is 9.53 Å². The molecule has 4 heteroatoms. The molecule has 0 radical (unpaired) electrons. The number of carbonyl (C=O) groups is 1. The number of methoxy groups -OCH3 is 1. The van der Waals surface area contributed by atoms with Gasteiger partial charge in [0.2, 0.25) is 0 Å². The molecule has 2 heterocycles. The van der Waals surface area contributed by atoms with Gasteiger partial charge in [-0.25, -0.2) is 0 Å². The van der Waals surface area contributed by atoms with E-state index in [0.29, 0.717) is 6.04 Å². The average Bonchev–Trinajstić information content (AvgIpc) is 2.82. The van der Waals surface area contributed by atoms with Crippen molar-refractivity contribution < 1.29 is 9.53 Å². The first-order valence-electron chi connectivity index (χ1n) is 6.76. The van der Waals surface area contributed by atoms with Crippen LogP contribution in [-0.4, -0.2) is 49.7 Å². The molecule has 0 aromatic heterocycles. The van der Waals surface area contributed by atoms with E-state index >= 15 is 0 Å². The van der Waals surface area contributed by atoms with Crippen LogP contribution >= 0.6 is 0 Å². The fourth-order valence-corrected chi connectivity index (χ4v) is 3.04. The molecule has 0 aromatic rings. The van der Waals surface area contributed by atoms with Crippen LogP contribution in [0, 0.1) is 5.92 Å². The van der Waals surface area contributed by atoms with Gasteiger partial charge >= 0.3 is 5.97 Å². The van der Waals surface area contributed by atoms with Crippen LogP contribution < -0.4 is 5.32 Å². The van der Waals surface area contributed by atoms with E-state index in [9.17, 15) is 4.79 Å². The highest BCUT2D eigenvalue weighted by Crippen LogP contribution is 2.26. The topological polar surface area (TPSA) is 41.6 Å². The number of esters is 1. The Hall–Kier alpha value is -0.610. The first-order chi connectivity index (χ1) is 8.20. The molecule has 3 unspecified atom stereocenters. The van der Waals surface area contributed by atoms with Gasteiger partial charge in [-0.3, -0.25) is 4.79 Å². The second kappa shape index (κ2) is 5.83. The third-order valence-corrected chi connectivity index (χ3v) is 4.14. The molecule has 0 aromatic carbocycles. The molecule has 17 heavy (non-hydrogen) atoms. The molecular formula is C13H24N2O2. The lowest BCUT2D eigenvalue weighted by molar-refractivity contribution is -0.144. The van der Waals surface area contributed by atoms with E-state index in [1.54, 1.807) is 0 Å². The zero-order valence-corrected chi connectivity index (χ0v) is 10.9. The Balaban J connectivity index is 1.71. The highest BCUT2D eigenvalue weighted by atomic mass is 16.5. The molecule has 3 atom stereocenters. The molecule has 2 aliphatic heterocycles. The molecule has 4 nitrogen and oxygen atoms in total. The minimum atomic E-state index is -0.115. The summed E-state index contributed by atoms with van der Waals surface area (Å²) in [7, 11) is 1.45. The van der Waals surface area contributed by atoms with E-state index in [4.69, 9.17) is 4.74 Å². The maximum atomic E-state index is 11.3. The smallest absolute Gasteiger partial charge is 0.309 e. The number of carbonyl (C=O) groups excluding carboxylic acids is 1. The Bertz CT molecular complexity index is 270. The van der Waals surface area contributed by atoms with Crippen molar-refractivity contribution in [2.24, 2.45) is 5.92 Å². The van der Waals surface area contributed by atoms with E-state index in [1.807, 2.05) is 6.92 Å². The van der Waals surface area contributed by atoms with Crippen LogP contribution in [0.25, 0.3) is 0 Å². The zero-order valence-electron chi connectivity index (χ0n) is 10.9. The summed E-state index contributed by atoms with van der Waals surface area (Å²) < 4.78 is 4.73. The van der Waals surface area contributed by atoms with E-state index in [1.165, 1.54) is 45.9 Å². The molecule has 0 spiro atoms. The summed E-state index contributed by atoms with van der Waals surface area (Å²) in [5.41, 5.74) is 0. The molecule has 0 amide bonds. The summed E-state index contributed by atoms with van der Waals surface area (Å²) in [5, 5.41) is 3.52. The van der Waals surface area contributed by atoms with Gasteiger partial charge in [-0.1, -0.05) is 6.92 Å². The monoisotopic (exact) mass is 240 g/mol. The molecular weight excluding hydrogens is 216 g/mol. The lowest BCUT2D eigenvalue weighted by Gasteiger charge is -2.35. The van der Waals surface area contributed by atoms with Crippen molar-refractivity contribution in [2.75, 3.05) is 26.7 Å². The minimum Gasteiger partial charge on any atom is -0.469 e. The lowest BCUT2D eigenvalue weighted by atomic mass is 9.97. The number of piperidine rings is 1. The average molecular weight is 240 g/mol. The summed E-state index contributed by atoms with van der Waals surface area (Å²) in [6, 6.07) is 1.37. The van der Waals surface area contributed by atoms with Gasteiger partial charge in [0.05, 0.1) is 13.0 Å². The number of hydrogen-bond acceptors (Lipinski definition) is 4. The number of fused-ring (bicyclic) bond motifs is 1. The maximum Gasteiger partial charge on any atom is 0.309 e. The molecule has 2 saturated heterocycles. The van der Waals surface area contributed by atoms with Gasteiger partial charge in [0.25, 0.3) is 0 Å². The Labute approximate surface area is 104 Å². The van der Waals surface area contributed by atoms with Crippen molar-refractivity contribution in [3.63, 3.8) is 0 Å². The van der Waals surface area contributed by atoms with Crippen LogP contribution in [0.15, 0.2) is 0 Å². The van der Waals surface area contributed by atoms with Gasteiger partial charge in [-0.15, -0.1) is 0 Å². The quantitative estimate of drug-likeness (QED) is 0.745. The van der Waals surface area contributed by atoms with Gasteiger partial charge in [-0.05, 0) is 38.8 Å². The third-order valence-electron chi connectivity index (χ3n) is 4.14. The second-order valence-electron chi connectivity index (χ2n) is 5.39. The van der Waals surface area contributed by atoms with Crippen molar-refractivity contribution in [1.29, 1.82) is 0 Å². The Morgan fingerprint density at radius 3 is 3.06 bits per heavy atom. The van der Waals surface area contributed by atoms with Crippen molar-refractivity contribution in [3.8, 4) is 0 Å². The SMILES string of the molecule is COC(=O)C(C)CNC1CCN2CCCC2C1. The van der Waals surface area contributed by atoms with E-state index in [2.05, 4.69) is 10.2 Å². The number of hydrogen-bond donors (Lipinski definition) is 1. The maximum absolute atomic E-state index is 11.3. The number of nitrogens with one attached hydrogen (secondary N) is 1. The summed E-state index contributed by atoms with van der Waals surface area (Å²) in [6.45, 7) is 5.17. The molecule has 98 valence electrons. The van der Waals surface area contributed by atoms with Gasteiger partial charge in [0.1, 0.15) is 0 Å². The normalized spacial score (nSPS) is 30.9. The Morgan fingerprint density at radius 1 is 1.47 bits per heavy atom. The van der Waals surface area contributed by atoms with Crippen molar-refractivity contribution >= 4 is 5.97 Å². The first-order valence-corrected chi connectivity index (χ1v) is 6.76. The van der Waals surface area contributed by atoms with E-state index < -0.39 is 0 Å². The van der Waals surface area contributed by atoms with Crippen LogP contribution in [0.1, 0.15) is 32.6 Å². The first kappa shape index (κ1) is 12.8. The number of rotatable bonds is 4. The molecule has 2 aliphatic rings. The molecule has 0 saturated carbocycles. The van der Waals surface area contributed by atoms with Gasteiger partial charge in [0.15, 0.2) is 0 Å². The molecule has 1 N–H and O–H groups in total. The number of ether oxygens (including phenoxy) is 1. The molecule has 2 rings (SSSR count). The summed E-state index contributed by atoms with van der Waals surface area (Å²) in [5.74, 6) is -0.155. The standard InChI is InChI=1S/C13H24N2O2/c1-10(13(16)17-2)9-14-11-5-7-15-6-3-4-12(15)8-11/h10-12,14H,3-9H2,1-2H3. The lowest BCUT2D eigenvalue weighted by Crippen LogP contribution is -2.47. The molecule has 0 aliphatic carbocycles. The Morgan fingerprint density at radius 2 is 2.29 bits per heavy atom. The van der Waals surface area contributed by atoms with Gasteiger partial charge in [0, 0.05) is 18.6 Å². The highest BCUT2D eigenvalue weighted by molar-refractivity contribution is 5.72. The van der Waals surface area contributed by atoms with Crippen LogP contribution in [0.5, 0.6) is 0 Å². The fraction of sp³-hybridized carbons (Fsp3) is 0.923. The van der Waals surface area contributed by atoms with Crippen LogP contribution in [0.4, 0.5) is 0 Å². The van der Waals surface area contributed by atoms with E-state index in [-0.39, 0.29) is 11.9 Å². The Kier molecular flexibility index (Phi) is 4.40. The summed E-state index contributed by atoms with van der Waals surface area (Å²) in [4.78, 5) is 13.9. The minimum absolute atomic E-state index is 0.0402. The van der Waals surface area contributed by atoms with Crippen molar-refractivity contribution in [1.82, 2.24) is 10.2 Å². The molecule has 0 bridgehead atoms.